The normalized spacial score (nSPS) is 16.4. The van der Waals surface area contributed by atoms with Crippen LogP contribution in [0.5, 0.6) is 17.2 Å². The summed E-state index contributed by atoms with van der Waals surface area (Å²) in [5.74, 6) is 2.34. The molecule has 0 saturated carbocycles. The minimum absolute atomic E-state index is 0.0787. The Bertz CT molecular complexity index is 1170. The molecule has 1 saturated heterocycles. The van der Waals surface area contributed by atoms with Gasteiger partial charge in [-0.1, -0.05) is 23.7 Å². The zero-order valence-electron chi connectivity index (χ0n) is 19.3. The molecule has 7 nitrogen and oxygen atoms in total. The summed E-state index contributed by atoms with van der Waals surface area (Å²) in [5.41, 5.74) is 1.64. The zero-order chi connectivity index (χ0) is 24.8. The van der Waals surface area contributed by atoms with Crippen molar-refractivity contribution in [2.24, 2.45) is 0 Å². The second kappa shape index (κ2) is 11.6. The quantitative estimate of drug-likeness (QED) is 0.418. The number of rotatable bonds is 10. The standard InChI is InChI=1S/C26H27ClN2O5S/c1-35(32)16-13-28-18-25(19-3-2-4-24(17-19)33-15-14-30)29(26(28)31)21-7-11-23(12-8-21)34-22-9-5-20(27)6-10-22/h2-12,17,25,30H,13-16,18H2,1H3/t25-,35?/m1/s1. The van der Waals surface area contributed by atoms with Gasteiger partial charge in [0.1, 0.15) is 23.9 Å². The molecule has 2 atom stereocenters. The molecule has 0 bridgehead atoms. The zero-order valence-corrected chi connectivity index (χ0v) is 20.9. The fourth-order valence-electron chi connectivity index (χ4n) is 3.91. The van der Waals surface area contributed by atoms with E-state index in [1.54, 1.807) is 40.3 Å². The van der Waals surface area contributed by atoms with E-state index in [1.165, 1.54) is 0 Å². The van der Waals surface area contributed by atoms with Gasteiger partial charge in [0.15, 0.2) is 0 Å². The number of hydrogen-bond donors (Lipinski definition) is 1. The predicted octanol–water partition coefficient (Wildman–Crippen LogP) is 4.87. The molecule has 0 aliphatic carbocycles. The van der Waals surface area contributed by atoms with Crippen LogP contribution in [0, 0.1) is 0 Å². The molecule has 3 aromatic rings. The molecule has 35 heavy (non-hydrogen) atoms. The Morgan fingerprint density at radius 1 is 1.03 bits per heavy atom. The molecule has 0 spiro atoms. The minimum Gasteiger partial charge on any atom is -0.491 e. The first kappa shape index (κ1) is 25.0. The highest BCUT2D eigenvalue weighted by Crippen LogP contribution is 2.36. The summed E-state index contributed by atoms with van der Waals surface area (Å²) < 4.78 is 23.1. The van der Waals surface area contributed by atoms with Crippen molar-refractivity contribution in [3.8, 4) is 17.2 Å². The molecule has 1 aliphatic rings. The Balaban J connectivity index is 1.59. The van der Waals surface area contributed by atoms with Gasteiger partial charge in [0.25, 0.3) is 0 Å². The van der Waals surface area contributed by atoms with Gasteiger partial charge in [-0.3, -0.25) is 9.11 Å². The SMILES string of the molecule is CS(=O)CCN1C[C@H](c2cccc(OCCO)c2)N(c2ccc(Oc3ccc(Cl)cc3)cc2)C1=O. The van der Waals surface area contributed by atoms with E-state index in [0.717, 1.165) is 11.3 Å². The minimum atomic E-state index is -1.00. The Kier molecular flexibility index (Phi) is 8.28. The third-order valence-corrected chi connectivity index (χ3v) is 6.61. The summed E-state index contributed by atoms with van der Waals surface area (Å²) in [6, 6.07) is 21.6. The number of urea groups is 1. The Hall–Kier alpha value is -3.07. The number of nitrogens with zero attached hydrogens (tertiary/aromatic N) is 2. The van der Waals surface area contributed by atoms with Crippen LogP contribution < -0.4 is 14.4 Å². The number of aliphatic hydroxyl groups excluding tert-OH is 1. The number of benzene rings is 3. The summed E-state index contributed by atoms with van der Waals surface area (Å²) in [6.07, 6.45) is 1.64. The third kappa shape index (κ3) is 6.33. The molecule has 1 fully saturated rings. The molecule has 1 N–H and O–H groups in total. The van der Waals surface area contributed by atoms with Crippen LogP contribution in [0.4, 0.5) is 10.5 Å². The van der Waals surface area contributed by atoms with Crippen molar-refractivity contribution in [1.82, 2.24) is 4.90 Å². The van der Waals surface area contributed by atoms with E-state index in [2.05, 4.69) is 0 Å². The maximum atomic E-state index is 13.4. The van der Waals surface area contributed by atoms with Crippen LogP contribution in [0.2, 0.25) is 5.02 Å². The smallest absolute Gasteiger partial charge is 0.325 e. The topological polar surface area (TPSA) is 79.3 Å². The highest BCUT2D eigenvalue weighted by molar-refractivity contribution is 7.84. The maximum Gasteiger partial charge on any atom is 0.325 e. The van der Waals surface area contributed by atoms with Crippen LogP contribution in [-0.2, 0) is 10.8 Å². The van der Waals surface area contributed by atoms with Crippen molar-refractivity contribution in [3.63, 3.8) is 0 Å². The van der Waals surface area contributed by atoms with E-state index in [4.69, 9.17) is 26.2 Å². The summed E-state index contributed by atoms with van der Waals surface area (Å²) in [4.78, 5) is 16.9. The monoisotopic (exact) mass is 514 g/mol. The summed E-state index contributed by atoms with van der Waals surface area (Å²) >= 11 is 5.94. The first-order valence-electron chi connectivity index (χ1n) is 11.2. The van der Waals surface area contributed by atoms with E-state index in [0.29, 0.717) is 41.1 Å². The number of hydrogen-bond acceptors (Lipinski definition) is 5. The van der Waals surface area contributed by atoms with Gasteiger partial charge >= 0.3 is 6.03 Å². The largest absolute Gasteiger partial charge is 0.491 e. The molecule has 1 aliphatic heterocycles. The number of amides is 2. The number of halogens is 1. The fourth-order valence-corrected chi connectivity index (χ4v) is 4.52. The highest BCUT2D eigenvalue weighted by Gasteiger charge is 2.39. The fraction of sp³-hybridized carbons (Fsp3) is 0.269. The Labute approximate surface area is 212 Å². The molecule has 0 aromatic heterocycles. The summed E-state index contributed by atoms with van der Waals surface area (Å²) in [6.45, 7) is 0.987. The van der Waals surface area contributed by atoms with Gasteiger partial charge in [-0.2, -0.15) is 0 Å². The van der Waals surface area contributed by atoms with Crippen LogP contribution in [0.3, 0.4) is 0 Å². The predicted molar refractivity (Wildman–Crippen MR) is 138 cm³/mol. The van der Waals surface area contributed by atoms with E-state index in [-0.39, 0.29) is 25.3 Å². The molecule has 184 valence electrons. The van der Waals surface area contributed by atoms with Crippen LogP contribution >= 0.6 is 11.6 Å². The van der Waals surface area contributed by atoms with Gasteiger partial charge in [-0.25, -0.2) is 4.79 Å². The van der Waals surface area contributed by atoms with Crippen LogP contribution in [0.25, 0.3) is 0 Å². The Morgan fingerprint density at radius 3 is 2.37 bits per heavy atom. The van der Waals surface area contributed by atoms with Gasteiger partial charge in [-0.05, 0) is 66.2 Å². The third-order valence-electron chi connectivity index (χ3n) is 5.60. The second-order valence-electron chi connectivity index (χ2n) is 8.09. The number of anilines is 1. The molecule has 1 heterocycles. The van der Waals surface area contributed by atoms with Crippen molar-refractivity contribution in [3.05, 3.63) is 83.4 Å². The van der Waals surface area contributed by atoms with Crippen LogP contribution in [0.1, 0.15) is 11.6 Å². The Morgan fingerprint density at radius 2 is 1.71 bits per heavy atom. The maximum absolute atomic E-state index is 13.4. The van der Waals surface area contributed by atoms with Gasteiger partial charge in [0.2, 0.25) is 0 Å². The van der Waals surface area contributed by atoms with Crippen molar-refractivity contribution in [1.29, 1.82) is 0 Å². The van der Waals surface area contributed by atoms with Crippen LogP contribution in [0.15, 0.2) is 72.8 Å². The lowest BCUT2D eigenvalue weighted by Gasteiger charge is -2.24. The van der Waals surface area contributed by atoms with Crippen molar-refractivity contribution >= 4 is 34.1 Å². The highest BCUT2D eigenvalue weighted by atomic mass is 35.5. The number of carbonyl (C=O) groups is 1. The van der Waals surface area contributed by atoms with Gasteiger partial charge in [0, 0.05) is 46.6 Å². The lowest BCUT2D eigenvalue weighted by molar-refractivity contribution is 0.201. The molecule has 4 rings (SSSR count). The molecule has 2 amide bonds. The van der Waals surface area contributed by atoms with Gasteiger partial charge in [0.05, 0.1) is 12.6 Å². The second-order valence-corrected chi connectivity index (χ2v) is 10.1. The molecule has 1 unspecified atom stereocenters. The number of carbonyl (C=O) groups excluding carboxylic acids is 1. The lowest BCUT2D eigenvalue weighted by Crippen LogP contribution is -2.34. The molecular weight excluding hydrogens is 488 g/mol. The van der Waals surface area contributed by atoms with E-state index < -0.39 is 10.8 Å². The number of aliphatic hydroxyl groups is 1. The summed E-state index contributed by atoms with van der Waals surface area (Å²) in [7, 11) is -1.00. The molecule has 0 radical (unpaired) electrons. The first-order chi connectivity index (χ1) is 16.9. The molecular formula is C26H27ClN2O5S. The number of ether oxygens (including phenoxy) is 2. The van der Waals surface area contributed by atoms with Gasteiger partial charge in [-0.15, -0.1) is 0 Å². The summed E-state index contributed by atoms with van der Waals surface area (Å²) in [5, 5.41) is 9.71. The van der Waals surface area contributed by atoms with Crippen molar-refractivity contribution < 1.29 is 23.6 Å². The van der Waals surface area contributed by atoms with Crippen molar-refractivity contribution in [2.75, 3.05) is 43.2 Å². The van der Waals surface area contributed by atoms with E-state index in [1.807, 2.05) is 48.5 Å². The van der Waals surface area contributed by atoms with Crippen molar-refractivity contribution in [2.45, 2.75) is 6.04 Å². The lowest BCUT2D eigenvalue weighted by atomic mass is 10.1. The van der Waals surface area contributed by atoms with E-state index >= 15 is 0 Å². The van der Waals surface area contributed by atoms with Crippen LogP contribution in [-0.4, -0.2) is 58.6 Å². The average molecular weight is 515 g/mol. The average Bonchev–Trinajstić information content (AvgIpc) is 3.19. The molecule has 9 heteroatoms. The van der Waals surface area contributed by atoms with Gasteiger partial charge < -0.3 is 19.5 Å². The first-order valence-corrected chi connectivity index (χ1v) is 13.3. The molecule has 3 aromatic carbocycles. The van der Waals surface area contributed by atoms with E-state index in [9.17, 15) is 9.00 Å².